The van der Waals surface area contributed by atoms with Crippen LogP contribution >= 0.6 is 0 Å². The van der Waals surface area contributed by atoms with E-state index >= 15 is 0 Å². The Labute approximate surface area is 165 Å². The lowest BCUT2D eigenvalue weighted by Crippen LogP contribution is -2.83. The summed E-state index contributed by atoms with van der Waals surface area (Å²) in [5.74, 6) is 3.31. The minimum absolute atomic E-state index is 0.457. The van der Waals surface area contributed by atoms with Gasteiger partial charge in [-0.3, -0.25) is 0 Å². The molecule has 148 valence electrons. The number of furan rings is 1. The van der Waals surface area contributed by atoms with Crippen molar-refractivity contribution in [1.29, 1.82) is 0 Å². The average Bonchev–Trinajstić information content (AvgIpc) is 3.20. The third-order valence-electron chi connectivity index (χ3n) is 4.77. The van der Waals surface area contributed by atoms with Crippen molar-refractivity contribution in [2.45, 2.75) is 26.0 Å². The van der Waals surface area contributed by atoms with Gasteiger partial charge in [-0.25, -0.2) is 0 Å². The van der Waals surface area contributed by atoms with Crippen LogP contribution in [0.1, 0.15) is 29.9 Å². The van der Waals surface area contributed by atoms with Gasteiger partial charge in [0.15, 0.2) is 17.3 Å². The predicted octanol–water partition coefficient (Wildman–Crippen LogP) is 3.32. The molecule has 0 bridgehead atoms. The van der Waals surface area contributed by atoms with Crippen LogP contribution in [0.15, 0.2) is 59.0 Å². The summed E-state index contributed by atoms with van der Waals surface area (Å²) in [6, 6.07) is 17.9. The number of quaternary nitrogens is 1. The quantitative estimate of drug-likeness (QED) is 0.557. The van der Waals surface area contributed by atoms with E-state index in [0.717, 1.165) is 53.7 Å². The van der Waals surface area contributed by atoms with E-state index in [-0.39, 0.29) is 0 Å². The molecule has 0 aliphatic heterocycles. The van der Waals surface area contributed by atoms with E-state index in [1.807, 2.05) is 48.5 Å². The molecule has 0 saturated heterocycles. The summed E-state index contributed by atoms with van der Waals surface area (Å²) >= 11 is 0. The lowest BCUT2D eigenvalue weighted by atomic mass is 10.1. The first-order chi connectivity index (χ1) is 13.6. The Bertz CT molecular complexity index is 884. The smallest absolute Gasteiger partial charge is 0.160 e. The van der Waals surface area contributed by atoms with Gasteiger partial charge in [0.1, 0.15) is 12.3 Å². The van der Waals surface area contributed by atoms with E-state index < -0.39 is 6.10 Å². The zero-order valence-electron chi connectivity index (χ0n) is 16.6. The summed E-state index contributed by atoms with van der Waals surface area (Å²) in [7, 11) is 3.30. The average molecular weight is 382 g/mol. The van der Waals surface area contributed by atoms with Gasteiger partial charge in [-0.2, -0.15) is 0 Å². The van der Waals surface area contributed by atoms with E-state index in [0.29, 0.717) is 0 Å². The first kappa shape index (κ1) is 20.0. The maximum Gasteiger partial charge on any atom is 0.160 e. The first-order valence-corrected chi connectivity index (χ1v) is 9.50. The lowest BCUT2D eigenvalue weighted by molar-refractivity contribution is -0.671. The molecule has 0 unspecified atom stereocenters. The number of nitrogens with two attached hydrogens (primary N) is 1. The molecule has 0 saturated carbocycles. The summed E-state index contributed by atoms with van der Waals surface area (Å²) < 4.78 is 16.6. The molecule has 0 aliphatic rings. The summed E-state index contributed by atoms with van der Waals surface area (Å²) in [6.45, 7) is 3.51. The largest absolute Gasteiger partial charge is 0.493 e. The fourth-order valence-electron chi connectivity index (χ4n) is 3.12. The van der Waals surface area contributed by atoms with Crippen molar-refractivity contribution in [2.75, 3.05) is 20.8 Å². The van der Waals surface area contributed by atoms with Gasteiger partial charge in [-0.1, -0.05) is 30.3 Å². The second kappa shape index (κ2) is 9.44. The van der Waals surface area contributed by atoms with Crippen molar-refractivity contribution in [2.24, 2.45) is 0 Å². The van der Waals surface area contributed by atoms with E-state index in [4.69, 9.17) is 13.9 Å². The van der Waals surface area contributed by atoms with Crippen LogP contribution in [0.25, 0.3) is 11.3 Å². The molecule has 28 heavy (non-hydrogen) atoms. The van der Waals surface area contributed by atoms with Crippen LogP contribution in [0.4, 0.5) is 0 Å². The molecule has 5 heteroatoms. The summed E-state index contributed by atoms with van der Waals surface area (Å²) in [4.78, 5) is 0. The van der Waals surface area contributed by atoms with Crippen LogP contribution in [0.3, 0.4) is 0 Å². The Morgan fingerprint density at radius 3 is 2.39 bits per heavy atom. The van der Waals surface area contributed by atoms with Crippen LogP contribution in [0.2, 0.25) is 0 Å². The number of ether oxygens (including phenoxy) is 2. The Morgan fingerprint density at radius 2 is 1.71 bits per heavy atom. The fourth-order valence-corrected chi connectivity index (χ4v) is 3.12. The maximum absolute atomic E-state index is 9.61. The molecule has 1 aromatic heterocycles. The Morgan fingerprint density at radius 1 is 0.964 bits per heavy atom. The summed E-state index contributed by atoms with van der Waals surface area (Å²) in [5.41, 5.74) is 3.13. The Balaban J connectivity index is 1.51. The normalized spacial score (nSPS) is 12.0. The Hall–Kier alpha value is -2.76. The van der Waals surface area contributed by atoms with Crippen molar-refractivity contribution in [3.63, 3.8) is 0 Å². The molecule has 2 aromatic carbocycles. The molecule has 0 amide bonds. The number of aliphatic hydroxyl groups is 1. The molecule has 0 spiro atoms. The number of aliphatic hydroxyl groups excluding tert-OH is 1. The third kappa shape index (κ3) is 4.94. The van der Waals surface area contributed by atoms with Crippen molar-refractivity contribution in [3.05, 3.63) is 71.5 Å². The summed E-state index contributed by atoms with van der Waals surface area (Å²) in [6.07, 6.45) is 0.482. The van der Waals surface area contributed by atoms with Crippen molar-refractivity contribution in [1.82, 2.24) is 0 Å². The molecular weight excluding hydrogens is 354 g/mol. The van der Waals surface area contributed by atoms with Gasteiger partial charge in [-0.15, -0.1) is 0 Å². The molecule has 0 radical (unpaired) electrons. The van der Waals surface area contributed by atoms with E-state index in [1.54, 1.807) is 21.1 Å². The molecule has 3 aromatic rings. The van der Waals surface area contributed by atoms with Gasteiger partial charge in [0, 0.05) is 12.0 Å². The van der Waals surface area contributed by atoms with Crippen LogP contribution < -0.4 is 14.8 Å². The molecule has 0 aliphatic carbocycles. The highest BCUT2D eigenvalue weighted by molar-refractivity contribution is 5.58. The van der Waals surface area contributed by atoms with Gasteiger partial charge in [0.25, 0.3) is 0 Å². The number of hydrogen-bond donors (Lipinski definition) is 2. The number of benzene rings is 2. The molecule has 0 fully saturated rings. The number of methoxy groups -OCH3 is 2. The second-order valence-corrected chi connectivity index (χ2v) is 6.78. The van der Waals surface area contributed by atoms with Crippen LogP contribution in [0.5, 0.6) is 11.5 Å². The summed E-state index contributed by atoms with van der Waals surface area (Å²) in [5, 5.41) is 11.8. The first-order valence-electron chi connectivity index (χ1n) is 9.50. The monoisotopic (exact) mass is 382 g/mol. The van der Waals surface area contributed by atoms with Crippen molar-refractivity contribution in [3.8, 4) is 22.8 Å². The van der Waals surface area contributed by atoms with E-state index in [2.05, 4.69) is 11.4 Å². The van der Waals surface area contributed by atoms with Crippen molar-refractivity contribution < 1.29 is 24.3 Å². The minimum Gasteiger partial charge on any atom is -0.493 e. The minimum atomic E-state index is -0.457. The second-order valence-electron chi connectivity index (χ2n) is 6.78. The lowest BCUT2D eigenvalue weighted by Gasteiger charge is -2.09. The predicted molar refractivity (Wildman–Crippen MR) is 109 cm³/mol. The number of rotatable bonds is 9. The zero-order valence-corrected chi connectivity index (χ0v) is 16.6. The van der Waals surface area contributed by atoms with Gasteiger partial charge in [0.2, 0.25) is 0 Å². The standard InChI is InChI=1S/C23H27NO4/c1-16(25)18-5-7-19(8-6-18)21-11-9-20(28-21)15-24-13-12-17-4-10-22(26-2)23(14-17)27-3/h4-11,14,16,24-25H,12-13,15H2,1-3H3/p+1/t16-/m0/s1. The van der Waals surface area contributed by atoms with Gasteiger partial charge < -0.3 is 24.3 Å². The van der Waals surface area contributed by atoms with Crippen LogP contribution in [0, 0.1) is 0 Å². The highest BCUT2D eigenvalue weighted by atomic mass is 16.5. The van der Waals surface area contributed by atoms with Gasteiger partial charge in [0.05, 0.1) is 26.9 Å². The molecule has 3 N–H and O–H groups in total. The van der Waals surface area contributed by atoms with E-state index in [9.17, 15) is 5.11 Å². The van der Waals surface area contributed by atoms with Crippen LogP contribution in [-0.4, -0.2) is 25.9 Å². The zero-order chi connectivity index (χ0) is 19.9. The van der Waals surface area contributed by atoms with Gasteiger partial charge in [-0.05, 0) is 42.3 Å². The highest BCUT2D eigenvalue weighted by Crippen LogP contribution is 2.27. The highest BCUT2D eigenvalue weighted by Gasteiger charge is 2.08. The third-order valence-corrected chi connectivity index (χ3v) is 4.77. The molecular formula is C23H28NO4+. The topological polar surface area (TPSA) is 68.4 Å². The Kier molecular flexibility index (Phi) is 6.74. The number of hydrogen-bond acceptors (Lipinski definition) is 4. The maximum atomic E-state index is 9.61. The SMILES string of the molecule is COc1ccc(CC[NH2+]Cc2ccc(-c3ccc([C@H](C)O)cc3)o2)cc1OC. The fraction of sp³-hybridized carbons (Fsp3) is 0.304. The van der Waals surface area contributed by atoms with Crippen LogP contribution in [-0.2, 0) is 13.0 Å². The molecule has 5 nitrogen and oxygen atoms in total. The van der Waals surface area contributed by atoms with E-state index in [1.165, 1.54) is 5.56 Å². The van der Waals surface area contributed by atoms with Gasteiger partial charge >= 0.3 is 0 Å². The molecule has 1 atom stereocenters. The molecule has 3 rings (SSSR count). The molecule has 1 heterocycles. The van der Waals surface area contributed by atoms with Crippen molar-refractivity contribution >= 4 is 0 Å².